The minimum atomic E-state index is -0.189. The highest BCUT2D eigenvalue weighted by atomic mass is 32.2. The Bertz CT molecular complexity index is 273. The molecule has 98 valence electrons. The molecule has 2 fully saturated rings. The Hall–Kier alpha value is -0.220. The van der Waals surface area contributed by atoms with Crippen LogP contribution >= 0.6 is 11.8 Å². The van der Waals surface area contributed by atoms with Gasteiger partial charge in [-0.25, -0.2) is 0 Å². The molecule has 1 aliphatic carbocycles. The molecule has 1 aliphatic heterocycles. The number of aliphatic hydroxyl groups excluding tert-OH is 1. The molecule has 1 saturated heterocycles. The van der Waals surface area contributed by atoms with Gasteiger partial charge in [0.1, 0.15) is 0 Å². The molecule has 1 unspecified atom stereocenters. The third-order valence-electron chi connectivity index (χ3n) is 4.00. The molecule has 2 rings (SSSR count). The van der Waals surface area contributed by atoms with Gasteiger partial charge in [-0.2, -0.15) is 0 Å². The second-order valence-electron chi connectivity index (χ2n) is 5.34. The Balaban J connectivity index is 2.00. The van der Waals surface area contributed by atoms with E-state index in [0.29, 0.717) is 18.4 Å². The molecule has 0 spiro atoms. The minimum absolute atomic E-state index is 0.181. The lowest BCUT2D eigenvalue weighted by Crippen LogP contribution is -2.51. The lowest BCUT2D eigenvalue weighted by Gasteiger charge is -2.41. The maximum absolute atomic E-state index is 12.6. The highest BCUT2D eigenvalue weighted by Crippen LogP contribution is 2.40. The van der Waals surface area contributed by atoms with Crippen LogP contribution in [0.1, 0.15) is 45.4 Å². The molecule has 17 heavy (non-hydrogen) atoms. The van der Waals surface area contributed by atoms with Gasteiger partial charge < -0.3 is 10.0 Å². The highest BCUT2D eigenvalue weighted by molar-refractivity contribution is 8.01. The summed E-state index contributed by atoms with van der Waals surface area (Å²) < 4.78 is -0.189. The van der Waals surface area contributed by atoms with Gasteiger partial charge in [0.15, 0.2) is 0 Å². The van der Waals surface area contributed by atoms with Crippen LogP contribution in [0.4, 0.5) is 0 Å². The van der Waals surface area contributed by atoms with E-state index in [2.05, 4.69) is 11.8 Å². The number of nitrogens with zero attached hydrogens (tertiary/aromatic N) is 1. The Morgan fingerprint density at radius 2 is 2.24 bits per heavy atom. The first kappa shape index (κ1) is 13.2. The van der Waals surface area contributed by atoms with Crippen molar-refractivity contribution in [2.75, 3.05) is 18.9 Å². The summed E-state index contributed by atoms with van der Waals surface area (Å²) in [5.41, 5.74) is 0. The molecule has 2 aliphatic rings. The van der Waals surface area contributed by atoms with Crippen LogP contribution in [0, 0.1) is 0 Å². The van der Waals surface area contributed by atoms with E-state index in [1.807, 2.05) is 11.8 Å². The predicted molar refractivity (Wildman–Crippen MR) is 71.2 cm³/mol. The van der Waals surface area contributed by atoms with Crippen LogP contribution in [0.25, 0.3) is 0 Å². The average molecular weight is 257 g/mol. The summed E-state index contributed by atoms with van der Waals surface area (Å²) in [6, 6.07) is 0.451. The largest absolute Gasteiger partial charge is 0.396 e. The van der Waals surface area contributed by atoms with E-state index < -0.39 is 0 Å². The summed E-state index contributed by atoms with van der Waals surface area (Å²) in [6.07, 6.45) is 6.43. The van der Waals surface area contributed by atoms with Gasteiger partial charge in [0.25, 0.3) is 0 Å². The molecule has 0 bridgehead atoms. The molecule has 0 aromatic rings. The van der Waals surface area contributed by atoms with Crippen molar-refractivity contribution in [3.63, 3.8) is 0 Å². The van der Waals surface area contributed by atoms with Crippen molar-refractivity contribution in [3.8, 4) is 0 Å². The first-order chi connectivity index (χ1) is 8.17. The van der Waals surface area contributed by atoms with Gasteiger partial charge in [0, 0.05) is 19.2 Å². The van der Waals surface area contributed by atoms with E-state index in [0.717, 1.165) is 38.0 Å². The predicted octanol–water partition coefficient (Wildman–Crippen LogP) is 2.04. The van der Waals surface area contributed by atoms with E-state index in [9.17, 15) is 4.79 Å². The summed E-state index contributed by atoms with van der Waals surface area (Å²) in [4.78, 5) is 14.7. The van der Waals surface area contributed by atoms with Gasteiger partial charge in [0.05, 0.1) is 4.75 Å². The Morgan fingerprint density at radius 1 is 1.47 bits per heavy atom. The number of aliphatic hydroxyl groups is 1. The minimum Gasteiger partial charge on any atom is -0.396 e. The fourth-order valence-electron chi connectivity index (χ4n) is 2.64. The van der Waals surface area contributed by atoms with Gasteiger partial charge >= 0.3 is 0 Å². The standard InChI is InChI=1S/C13H23NO2S/c1-13(7-3-10-17-13)12(16)14(8-4-9-15)11-5-2-6-11/h11,15H,2-10H2,1H3. The topological polar surface area (TPSA) is 40.5 Å². The van der Waals surface area contributed by atoms with E-state index in [-0.39, 0.29) is 11.4 Å². The van der Waals surface area contributed by atoms with Crippen molar-refractivity contribution >= 4 is 17.7 Å². The van der Waals surface area contributed by atoms with Crippen molar-refractivity contribution in [1.82, 2.24) is 4.90 Å². The number of hydrogen-bond donors (Lipinski definition) is 1. The summed E-state index contributed by atoms with van der Waals surface area (Å²) in [5, 5.41) is 8.96. The van der Waals surface area contributed by atoms with Crippen molar-refractivity contribution < 1.29 is 9.90 Å². The highest BCUT2D eigenvalue weighted by Gasteiger charge is 2.42. The second-order valence-corrected chi connectivity index (χ2v) is 6.94. The zero-order valence-electron chi connectivity index (χ0n) is 10.7. The zero-order chi connectivity index (χ0) is 12.3. The van der Waals surface area contributed by atoms with Crippen LogP contribution in [-0.4, -0.2) is 45.6 Å². The molecule has 3 nitrogen and oxygen atoms in total. The first-order valence-corrected chi connectivity index (χ1v) is 7.72. The molecule has 1 atom stereocenters. The fraction of sp³-hybridized carbons (Fsp3) is 0.923. The summed E-state index contributed by atoms with van der Waals surface area (Å²) in [7, 11) is 0. The van der Waals surface area contributed by atoms with Crippen molar-refractivity contribution in [2.24, 2.45) is 0 Å². The quantitative estimate of drug-likeness (QED) is 0.819. The number of carbonyl (C=O) groups excluding carboxylic acids is 1. The van der Waals surface area contributed by atoms with Crippen LogP contribution in [0.15, 0.2) is 0 Å². The number of amides is 1. The number of thioether (sulfide) groups is 1. The number of rotatable bonds is 5. The van der Waals surface area contributed by atoms with Crippen LogP contribution in [0.2, 0.25) is 0 Å². The number of hydrogen-bond acceptors (Lipinski definition) is 3. The number of carbonyl (C=O) groups is 1. The molecular weight excluding hydrogens is 234 g/mol. The fourth-order valence-corrected chi connectivity index (χ4v) is 3.91. The first-order valence-electron chi connectivity index (χ1n) is 6.73. The van der Waals surface area contributed by atoms with Crippen molar-refractivity contribution in [3.05, 3.63) is 0 Å². The van der Waals surface area contributed by atoms with E-state index in [4.69, 9.17) is 5.11 Å². The van der Waals surface area contributed by atoms with Crippen LogP contribution in [0.3, 0.4) is 0 Å². The van der Waals surface area contributed by atoms with Crippen molar-refractivity contribution in [2.45, 2.75) is 56.2 Å². The molecule has 1 saturated carbocycles. The lowest BCUT2D eigenvalue weighted by molar-refractivity contribution is -0.137. The zero-order valence-corrected chi connectivity index (χ0v) is 11.5. The Morgan fingerprint density at radius 3 is 2.71 bits per heavy atom. The lowest BCUT2D eigenvalue weighted by atomic mass is 9.89. The molecule has 0 radical (unpaired) electrons. The van der Waals surface area contributed by atoms with Crippen LogP contribution in [-0.2, 0) is 4.79 Å². The third kappa shape index (κ3) is 2.79. The average Bonchev–Trinajstić information content (AvgIpc) is 2.69. The monoisotopic (exact) mass is 257 g/mol. The molecular formula is C13H23NO2S. The molecule has 0 aromatic carbocycles. The summed E-state index contributed by atoms with van der Waals surface area (Å²) >= 11 is 1.81. The van der Waals surface area contributed by atoms with Gasteiger partial charge in [-0.15, -0.1) is 11.8 Å². The molecule has 4 heteroatoms. The SMILES string of the molecule is CC1(C(=O)N(CCCO)C2CCC2)CCCS1. The molecule has 1 amide bonds. The van der Waals surface area contributed by atoms with E-state index in [1.54, 1.807) is 0 Å². The third-order valence-corrected chi connectivity index (χ3v) is 5.51. The van der Waals surface area contributed by atoms with Crippen molar-refractivity contribution in [1.29, 1.82) is 0 Å². The smallest absolute Gasteiger partial charge is 0.238 e. The van der Waals surface area contributed by atoms with Crippen LogP contribution in [0.5, 0.6) is 0 Å². The Kier molecular flexibility index (Phi) is 4.36. The van der Waals surface area contributed by atoms with E-state index >= 15 is 0 Å². The van der Waals surface area contributed by atoms with Gasteiger partial charge in [-0.1, -0.05) is 0 Å². The van der Waals surface area contributed by atoms with Gasteiger partial charge in [0.2, 0.25) is 5.91 Å². The summed E-state index contributed by atoms with van der Waals surface area (Å²) in [6.45, 7) is 3.01. The Labute approximate surface area is 108 Å². The normalized spacial score (nSPS) is 29.1. The maximum atomic E-state index is 12.6. The molecule has 0 aromatic heterocycles. The van der Waals surface area contributed by atoms with Gasteiger partial charge in [-0.3, -0.25) is 4.79 Å². The molecule has 1 N–H and O–H groups in total. The molecule has 1 heterocycles. The van der Waals surface area contributed by atoms with E-state index in [1.165, 1.54) is 6.42 Å². The maximum Gasteiger partial charge on any atom is 0.238 e. The second kappa shape index (κ2) is 5.61. The van der Waals surface area contributed by atoms with Gasteiger partial charge in [-0.05, 0) is 51.2 Å². The summed E-state index contributed by atoms with van der Waals surface area (Å²) in [5.74, 6) is 1.43. The van der Waals surface area contributed by atoms with Crippen LogP contribution < -0.4 is 0 Å².